The lowest BCUT2D eigenvalue weighted by Crippen LogP contribution is -2.37. The van der Waals surface area contributed by atoms with Crippen LogP contribution in [0.15, 0.2) is 18.2 Å². The van der Waals surface area contributed by atoms with Gasteiger partial charge >= 0.3 is 5.97 Å². The molecule has 1 rings (SSSR count). The van der Waals surface area contributed by atoms with Crippen molar-refractivity contribution in [3.8, 4) is 0 Å². The van der Waals surface area contributed by atoms with Crippen LogP contribution in [0.3, 0.4) is 0 Å². The molecule has 0 fully saturated rings. The van der Waals surface area contributed by atoms with Crippen molar-refractivity contribution < 1.29 is 24.3 Å². The third-order valence-electron chi connectivity index (χ3n) is 2.27. The van der Waals surface area contributed by atoms with Crippen molar-refractivity contribution in [1.82, 2.24) is 0 Å². The number of hydrogen-bond donors (Lipinski definition) is 2. The Bertz CT molecular complexity index is 472. The van der Waals surface area contributed by atoms with Crippen LogP contribution in [0.2, 0.25) is 0 Å². The molecular formula is C10H10FNO5. The largest absolute Gasteiger partial charge is 0.479 e. The molecule has 1 atom stereocenters. The molecule has 7 heteroatoms. The normalized spacial score (nSPS) is 14.1. The van der Waals surface area contributed by atoms with Crippen molar-refractivity contribution in [2.75, 3.05) is 0 Å². The van der Waals surface area contributed by atoms with Gasteiger partial charge in [0.05, 0.1) is 10.5 Å². The number of carbonyl (C=O) groups is 1. The van der Waals surface area contributed by atoms with Crippen molar-refractivity contribution in [1.29, 1.82) is 0 Å². The van der Waals surface area contributed by atoms with Gasteiger partial charge in [0.2, 0.25) is 0 Å². The van der Waals surface area contributed by atoms with Crippen LogP contribution in [-0.2, 0) is 11.2 Å². The van der Waals surface area contributed by atoms with E-state index in [4.69, 9.17) is 5.11 Å². The minimum atomic E-state index is -2.26. The lowest BCUT2D eigenvalue weighted by Gasteiger charge is -2.17. The van der Waals surface area contributed by atoms with E-state index in [2.05, 4.69) is 0 Å². The average molecular weight is 243 g/mol. The summed E-state index contributed by atoms with van der Waals surface area (Å²) < 4.78 is 13.4. The maximum absolute atomic E-state index is 13.4. The molecular weight excluding hydrogens is 233 g/mol. The number of aliphatic carboxylic acids is 1. The first-order valence-corrected chi connectivity index (χ1v) is 4.63. The van der Waals surface area contributed by atoms with Crippen molar-refractivity contribution in [3.63, 3.8) is 0 Å². The van der Waals surface area contributed by atoms with E-state index in [0.29, 0.717) is 0 Å². The summed E-state index contributed by atoms with van der Waals surface area (Å²) in [5, 5.41) is 28.8. The van der Waals surface area contributed by atoms with Crippen LogP contribution in [0.4, 0.5) is 10.1 Å². The van der Waals surface area contributed by atoms with Gasteiger partial charge in [0.1, 0.15) is 5.82 Å². The highest BCUT2D eigenvalue weighted by Gasteiger charge is 2.34. The van der Waals surface area contributed by atoms with Crippen molar-refractivity contribution in [3.05, 3.63) is 39.7 Å². The summed E-state index contributed by atoms with van der Waals surface area (Å²) in [5.74, 6) is -2.49. The molecule has 0 saturated heterocycles. The molecule has 0 aliphatic heterocycles. The molecule has 0 aliphatic rings. The van der Waals surface area contributed by atoms with E-state index in [1.54, 1.807) is 0 Å². The molecule has 17 heavy (non-hydrogen) atoms. The third-order valence-corrected chi connectivity index (χ3v) is 2.27. The zero-order valence-corrected chi connectivity index (χ0v) is 8.88. The summed E-state index contributed by atoms with van der Waals surface area (Å²) in [7, 11) is 0. The first-order chi connectivity index (χ1) is 7.75. The van der Waals surface area contributed by atoms with Gasteiger partial charge in [0.25, 0.3) is 5.69 Å². The summed E-state index contributed by atoms with van der Waals surface area (Å²) in [5.41, 5.74) is -3.23. The van der Waals surface area contributed by atoms with Crippen LogP contribution in [0.25, 0.3) is 0 Å². The average Bonchev–Trinajstić information content (AvgIpc) is 2.20. The van der Waals surface area contributed by atoms with E-state index < -0.39 is 40.0 Å². The second-order valence-electron chi connectivity index (χ2n) is 3.75. The molecule has 1 aromatic rings. The summed E-state index contributed by atoms with van der Waals surface area (Å²) in [6.07, 6.45) is -0.675. The monoisotopic (exact) mass is 243 g/mol. The SMILES string of the molecule is CC(O)(Cc1c(F)cccc1[N+](=O)[O-])C(=O)O. The Morgan fingerprint density at radius 1 is 1.59 bits per heavy atom. The molecule has 6 nitrogen and oxygen atoms in total. The molecule has 1 aromatic carbocycles. The zero-order chi connectivity index (χ0) is 13.2. The number of benzene rings is 1. The van der Waals surface area contributed by atoms with Crippen LogP contribution in [0.1, 0.15) is 12.5 Å². The molecule has 0 radical (unpaired) electrons. The third kappa shape index (κ3) is 2.76. The number of carboxylic acids is 1. The Labute approximate surface area is 95.5 Å². The maximum Gasteiger partial charge on any atom is 0.335 e. The number of aliphatic hydroxyl groups is 1. The van der Waals surface area contributed by atoms with Gasteiger partial charge in [-0.2, -0.15) is 0 Å². The number of rotatable bonds is 4. The smallest absolute Gasteiger partial charge is 0.335 e. The van der Waals surface area contributed by atoms with Crippen LogP contribution >= 0.6 is 0 Å². The van der Waals surface area contributed by atoms with Gasteiger partial charge in [-0.1, -0.05) is 6.07 Å². The number of carboxylic acid groups (broad SMARTS) is 1. The predicted octanol–water partition coefficient (Wildman–Crippen LogP) is 1.11. The Kier molecular flexibility index (Phi) is 3.42. The number of hydrogen-bond acceptors (Lipinski definition) is 4. The number of nitro groups is 1. The van der Waals surface area contributed by atoms with Crippen molar-refractivity contribution in [2.24, 2.45) is 0 Å². The Balaban J connectivity index is 3.22. The van der Waals surface area contributed by atoms with E-state index >= 15 is 0 Å². The zero-order valence-electron chi connectivity index (χ0n) is 8.88. The van der Waals surface area contributed by atoms with Crippen LogP contribution in [0.5, 0.6) is 0 Å². The summed E-state index contributed by atoms with van der Waals surface area (Å²) in [6, 6.07) is 3.17. The van der Waals surface area contributed by atoms with Crippen LogP contribution in [0, 0.1) is 15.9 Å². The lowest BCUT2D eigenvalue weighted by molar-refractivity contribution is -0.385. The van der Waals surface area contributed by atoms with Crippen LogP contribution in [-0.4, -0.2) is 26.7 Å². The first kappa shape index (κ1) is 13.0. The van der Waals surface area contributed by atoms with Crippen molar-refractivity contribution in [2.45, 2.75) is 18.9 Å². The minimum absolute atomic E-state index is 0.426. The van der Waals surface area contributed by atoms with E-state index in [1.807, 2.05) is 0 Å². The van der Waals surface area contributed by atoms with E-state index in [1.165, 1.54) is 0 Å². The van der Waals surface area contributed by atoms with Gasteiger partial charge in [-0.3, -0.25) is 10.1 Å². The van der Waals surface area contributed by atoms with Gasteiger partial charge in [0, 0.05) is 12.5 Å². The fraction of sp³-hybridized carbons (Fsp3) is 0.300. The molecule has 0 heterocycles. The highest BCUT2D eigenvalue weighted by molar-refractivity contribution is 5.77. The van der Waals surface area contributed by atoms with E-state index in [-0.39, 0.29) is 0 Å². The topological polar surface area (TPSA) is 101 Å². The van der Waals surface area contributed by atoms with Gasteiger partial charge in [0.15, 0.2) is 5.60 Å². The van der Waals surface area contributed by atoms with E-state index in [9.17, 15) is 24.4 Å². The highest BCUT2D eigenvalue weighted by Crippen LogP contribution is 2.25. The fourth-order valence-electron chi connectivity index (χ4n) is 1.31. The Hall–Kier alpha value is -2.02. The van der Waals surface area contributed by atoms with Gasteiger partial charge in [-0.15, -0.1) is 0 Å². The molecule has 1 unspecified atom stereocenters. The number of halogens is 1. The standard InChI is InChI=1S/C10H10FNO5/c1-10(15,9(13)14)5-6-7(11)3-2-4-8(6)12(16)17/h2-4,15H,5H2,1H3,(H,13,14). The molecule has 0 amide bonds. The number of nitro benzene ring substituents is 1. The molecule has 2 N–H and O–H groups in total. The maximum atomic E-state index is 13.4. The fourth-order valence-corrected chi connectivity index (χ4v) is 1.31. The highest BCUT2D eigenvalue weighted by atomic mass is 19.1. The van der Waals surface area contributed by atoms with Gasteiger partial charge in [-0.05, 0) is 13.0 Å². The first-order valence-electron chi connectivity index (χ1n) is 4.63. The predicted molar refractivity (Wildman–Crippen MR) is 55.0 cm³/mol. The summed E-state index contributed by atoms with van der Waals surface area (Å²) in [4.78, 5) is 20.5. The second-order valence-corrected chi connectivity index (χ2v) is 3.75. The molecule has 0 saturated carbocycles. The molecule has 0 spiro atoms. The Morgan fingerprint density at radius 3 is 2.65 bits per heavy atom. The van der Waals surface area contributed by atoms with Gasteiger partial charge < -0.3 is 10.2 Å². The van der Waals surface area contributed by atoms with Crippen molar-refractivity contribution >= 4 is 11.7 Å². The lowest BCUT2D eigenvalue weighted by atomic mass is 9.95. The molecule has 0 bridgehead atoms. The van der Waals surface area contributed by atoms with Crippen LogP contribution < -0.4 is 0 Å². The summed E-state index contributed by atoms with van der Waals surface area (Å²) >= 11 is 0. The molecule has 0 aromatic heterocycles. The molecule has 0 aliphatic carbocycles. The number of nitrogens with zero attached hydrogens (tertiary/aromatic N) is 1. The minimum Gasteiger partial charge on any atom is -0.479 e. The summed E-state index contributed by atoms with van der Waals surface area (Å²) in [6.45, 7) is 0.950. The molecule has 92 valence electrons. The second kappa shape index (κ2) is 4.46. The quantitative estimate of drug-likeness (QED) is 0.609. The Morgan fingerprint density at radius 2 is 2.18 bits per heavy atom. The van der Waals surface area contributed by atoms with E-state index in [0.717, 1.165) is 25.1 Å². The van der Waals surface area contributed by atoms with Gasteiger partial charge in [-0.25, -0.2) is 9.18 Å².